The van der Waals surface area contributed by atoms with Gasteiger partial charge in [0.2, 0.25) is 5.91 Å². The number of hydrogen-bond donors (Lipinski definition) is 1. The van der Waals surface area contributed by atoms with Crippen molar-refractivity contribution in [1.82, 2.24) is 19.6 Å². The Morgan fingerprint density at radius 1 is 1.10 bits per heavy atom. The van der Waals surface area contributed by atoms with Crippen LogP contribution in [0.4, 0.5) is 4.79 Å². The van der Waals surface area contributed by atoms with Crippen molar-refractivity contribution in [3.63, 3.8) is 0 Å². The number of carbonyl (C=O) groups is 4. The van der Waals surface area contributed by atoms with Gasteiger partial charge in [0, 0.05) is 33.2 Å². The van der Waals surface area contributed by atoms with E-state index in [9.17, 15) is 19.2 Å². The summed E-state index contributed by atoms with van der Waals surface area (Å²) in [7, 11) is 1.51. The Morgan fingerprint density at radius 2 is 1.71 bits per heavy atom. The second-order valence-corrected chi connectivity index (χ2v) is 5.17. The van der Waals surface area contributed by atoms with Gasteiger partial charge in [0.25, 0.3) is 5.91 Å². The van der Waals surface area contributed by atoms with Gasteiger partial charge in [-0.15, -0.1) is 0 Å². The van der Waals surface area contributed by atoms with Crippen LogP contribution in [-0.2, 0) is 14.4 Å². The molecule has 2 aliphatic heterocycles. The minimum atomic E-state index is -0.897. The summed E-state index contributed by atoms with van der Waals surface area (Å²) >= 11 is 0. The molecule has 0 aliphatic carbocycles. The Hall–Kier alpha value is -2.16. The topological polar surface area (TPSA) is 101 Å². The Bertz CT molecular complexity index is 472. The van der Waals surface area contributed by atoms with Gasteiger partial charge in [-0.05, 0) is 0 Å². The molecule has 0 radical (unpaired) electrons. The monoisotopic (exact) mass is 298 g/mol. The van der Waals surface area contributed by atoms with E-state index >= 15 is 0 Å². The number of nitrogens with zero attached hydrogens (tertiary/aromatic N) is 4. The largest absolute Gasteiger partial charge is 0.480 e. The molecule has 21 heavy (non-hydrogen) atoms. The zero-order valence-electron chi connectivity index (χ0n) is 11.8. The fraction of sp³-hybridized carbons (Fsp3) is 0.667. The van der Waals surface area contributed by atoms with Gasteiger partial charge in [-0.25, -0.2) is 4.79 Å². The lowest BCUT2D eigenvalue weighted by molar-refractivity contribution is -0.140. The third-order valence-electron chi connectivity index (χ3n) is 3.61. The van der Waals surface area contributed by atoms with Crippen LogP contribution in [0, 0.1) is 0 Å². The van der Waals surface area contributed by atoms with Gasteiger partial charge in [-0.1, -0.05) is 0 Å². The Balaban J connectivity index is 1.84. The molecule has 1 N–H and O–H groups in total. The molecule has 116 valence electrons. The van der Waals surface area contributed by atoms with Gasteiger partial charge in [0.1, 0.15) is 13.1 Å². The maximum atomic E-state index is 12.1. The van der Waals surface area contributed by atoms with E-state index in [2.05, 4.69) is 0 Å². The van der Waals surface area contributed by atoms with Crippen molar-refractivity contribution in [2.45, 2.75) is 0 Å². The zero-order chi connectivity index (χ0) is 15.6. The lowest BCUT2D eigenvalue weighted by Crippen LogP contribution is -2.52. The molecule has 2 aliphatic rings. The number of amides is 4. The molecule has 0 aromatic rings. The number of rotatable bonds is 4. The molecule has 0 bridgehead atoms. The highest BCUT2D eigenvalue weighted by Gasteiger charge is 2.36. The summed E-state index contributed by atoms with van der Waals surface area (Å²) < 4.78 is 0. The minimum Gasteiger partial charge on any atom is -0.480 e. The number of likely N-dealkylation sites (N-methyl/N-ethyl adjacent to an activating group) is 1. The van der Waals surface area contributed by atoms with Crippen LogP contribution in [0.3, 0.4) is 0 Å². The molecule has 9 nitrogen and oxygen atoms in total. The molecule has 0 spiro atoms. The van der Waals surface area contributed by atoms with Crippen molar-refractivity contribution in [1.29, 1.82) is 0 Å². The first-order chi connectivity index (χ1) is 9.88. The standard InChI is InChI=1S/C12H18N4O5/c1-13-6-10(18)16(12(13)21)7-9(17)15-4-2-14(3-5-15)8-11(19)20/h2-8H2,1H3,(H,19,20). The van der Waals surface area contributed by atoms with Gasteiger partial charge in [-0.2, -0.15) is 0 Å². The van der Waals surface area contributed by atoms with Crippen LogP contribution in [0.5, 0.6) is 0 Å². The number of hydrogen-bond acceptors (Lipinski definition) is 5. The first kappa shape index (κ1) is 15.2. The maximum absolute atomic E-state index is 12.1. The predicted octanol–water partition coefficient (Wildman–Crippen LogP) is -1.89. The van der Waals surface area contributed by atoms with E-state index in [1.807, 2.05) is 0 Å². The lowest BCUT2D eigenvalue weighted by Gasteiger charge is -2.34. The molecule has 2 saturated heterocycles. The lowest BCUT2D eigenvalue weighted by atomic mass is 10.3. The van der Waals surface area contributed by atoms with Crippen LogP contribution in [0.2, 0.25) is 0 Å². The van der Waals surface area contributed by atoms with Crippen molar-refractivity contribution in [3.8, 4) is 0 Å². The Morgan fingerprint density at radius 3 is 2.19 bits per heavy atom. The smallest absolute Gasteiger partial charge is 0.327 e. The molecule has 0 atom stereocenters. The van der Waals surface area contributed by atoms with Crippen molar-refractivity contribution >= 4 is 23.8 Å². The van der Waals surface area contributed by atoms with Crippen molar-refractivity contribution in [3.05, 3.63) is 0 Å². The van der Waals surface area contributed by atoms with E-state index in [0.717, 1.165) is 4.90 Å². The van der Waals surface area contributed by atoms with E-state index in [-0.39, 0.29) is 31.4 Å². The predicted molar refractivity (Wildman–Crippen MR) is 70.4 cm³/mol. The molecule has 2 rings (SSSR count). The zero-order valence-corrected chi connectivity index (χ0v) is 11.8. The van der Waals surface area contributed by atoms with Crippen LogP contribution >= 0.6 is 0 Å². The number of urea groups is 1. The molecule has 0 aromatic carbocycles. The molecular weight excluding hydrogens is 280 g/mol. The third kappa shape index (κ3) is 3.48. The molecule has 2 fully saturated rings. The maximum Gasteiger partial charge on any atom is 0.327 e. The molecule has 2 heterocycles. The summed E-state index contributed by atoms with van der Waals surface area (Å²) in [6.45, 7) is 1.45. The summed E-state index contributed by atoms with van der Waals surface area (Å²) in [4.78, 5) is 51.5. The first-order valence-electron chi connectivity index (χ1n) is 6.66. The fourth-order valence-corrected chi connectivity index (χ4v) is 2.41. The number of imide groups is 1. The number of carbonyl (C=O) groups excluding carboxylic acids is 3. The first-order valence-corrected chi connectivity index (χ1v) is 6.66. The van der Waals surface area contributed by atoms with E-state index in [4.69, 9.17) is 5.11 Å². The molecule has 4 amide bonds. The Labute approximate surface area is 121 Å². The molecule has 0 aromatic heterocycles. The second kappa shape index (κ2) is 6.08. The average molecular weight is 298 g/mol. The van der Waals surface area contributed by atoms with Crippen LogP contribution < -0.4 is 0 Å². The van der Waals surface area contributed by atoms with Crippen LogP contribution in [0.25, 0.3) is 0 Å². The summed E-state index contributed by atoms with van der Waals surface area (Å²) in [6, 6.07) is -0.460. The number of carboxylic acid groups (broad SMARTS) is 1. The normalized spacial score (nSPS) is 20.3. The average Bonchev–Trinajstić information content (AvgIpc) is 2.65. The minimum absolute atomic E-state index is 0.00149. The molecule has 9 heteroatoms. The summed E-state index contributed by atoms with van der Waals surface area (Å²) in [5, 5.41) is 8.71. The quantitative estimate of drug-likeness (QED) is 0.609. The van der Waals surface area contributed by atoms with Crippen LogP contribution in [-0.4, -0.2) is 101 Å². The summed E-state index contributed by atoms with van der Waals surface area (Å²) in [5.41, 5.74) is 0. The van der Waals surface area contributed by atoms with E-state index < -0.39 is 12.0 Å². The third-order valence-corrected chi connectivity index (χ3v) is 3.61. The van der Waals surface area contributed by atoms with Crippen molar-refractivity contribution in [2.24, 2.45) is 0 Å². The van der Waals surface area contributed by atoms with E-state index in [1.54, 1.807) is 9.80 Å². The molecule has 0 unspecified atom stereocenters. The SMILES string of the molecule is CN1CC(=O)N(CC(=O)N2CCN(CC(=O)O)CC2)C1=O. The number of piperazine rings is 1. The molecule has 0 saturated carbocycles. The van der Waals surface area contributed by atoms with Gasteiger partial charge in [0.15, 0.2) is 0 Å². The highest BCUT2D eigenvalue weighted by molar-refractivity contribution is 6.04. The van der Waals surface area contributed by atoms with Gasteiger partial charge < -0.3 is 14.9 Å². The Kier molecular flexibility index (Phi) is 4.41. The second-order valence-electron chi connectivity index (χ2n) is 5.17. The highest BCUT2D eigenvalue weighted by atomic mass is 16.4. The van der Waals surface area contributed by atoms with Gasteiger partial charge in [-0.3, -0.25) is 24.2 Å². The van der Waals surface area contributed by atoms with Crippen molar-refractivity contribution in [2.75, 3.05) is 52.9 Å². The number of aliphatic carboxylic acids is 1. The van der Waals surface area contributed by atoms with Gasteiger partial charge in [0.05, 0.1) is 6.54 Å². The van der Waals surface area contributed by atoms with Gasteiger partial charge >= 0.3 is 12.0 Å². The van der Waals surface area contributed by atoms with E-state index in [0.29, 0.717) is 26.2 Å². The van der Waals surface area contributed by atoms with Crippen molar-refractivity contribution < 1.29 is 24.3 Å². The van der Waals surface area contributed by atoms with E-state index in [1.165, 1.54) is 11.9 Å². The summed E-state index contributed by atoms with van der Waals surface area (Å²) in [6.07, 6.45) is 0. The van der Waals surface area contributed by atoms with Crippen LogP contribution in [0.15, 0.2) is 0 Å². The highest BCUT2D eigenvalue weighted by Crippen LogP contribution is 2.09. The summed E-state index contributed by atoms with van der Waals surface area (Å²) in [5.74, 6) is -1.56. The van der Waals surface area contributed by atoms with Crippen LogP contribution in [0.1, 0.15) is 0 Å². The fourth-order valence-electron chi connectivity index (χ4n) is 2.41. The number of carboxylic acids is 1. The molecular formula is C12H18N4O5.